The minimum atomic E-state index is -3.78. The SMILES string of the molecule is CON(C)S(=O)(=O)c1ccc(NC(=O)c2cc(-c3ccccc3)nc3c2c(C)nn3C)cc1. The van der Waals surface area contributed by atoms with Crippen molar-refractivity contribution in [3.8, 4) is 11.3 Å². The Kier molecular flexibility index (Phi) is 5.98. The minimum absolute atomic E-state index is 0.0469. The zero-order valence-corrected chi connectivity index (χ0v) is 19.4. The summed E-state index contributed by atoms with van der Waals surface area (Å²) in [6.07, 6.45) is 0. The van der Waals surface area contributed by atoms with Crippen molar-refractivity contribution in [3.05, 3.63) is 71.9 Å². The number of pyridine rings is 1. The summed E-state index contributed by atoms with van der Waals surface area (Å²) in [4.78, 5) is 22.8. The molecule has 1 amide bonds. The number of aromatic nitrogens is 3. The van der Waals surface area contributed by atoms with E-state index in [1.165, 1.54) is 38.4 Å². The molecule has 4 aromatic rings. The third kappa shape index (κ3) is 4.23. The fourth-order valence-electron chi connectivity index (χ4n) is 3.54. The number of anilines is 1. The van der Waals surface area contributed by atoms with Gasteiger partial charge >= 0.3 is 0 Å². The van der Waals surface area contributed by atoms with Crippen LogP contribution in [0.5, 0.6) is 0 Å². The van der Waals surface area contributed by atoms with Gasteiger partial charge < -0.3 is 5.32 Å². The quantitative estimate of drug-likeness (QED) is 0.438. The van der Waals surface area contributed by atoms with Gasteiger partial charge in [-0.2, -0.15) is 5.10 Å². The molecule has 0 unspecified atom stereocenters. The summed E-state index contributed by atoms with van der Waals surface area (Å²) in [5.74, 6) is -0.347. The molecule has 1 N–H and O–H groups in total. The van der Waals surface area contributed by atoms with Gasteiger partial charge in [-0.3, -0.25) is 14.3 Å². The molecule has 0 atom stereocenters. The maximum Gasteiger partial charge on any atom is 0.264 e. The molecule has 9 nitrogen and oxygen atoms in total. The number of rotatable bonds is 6. The predicted octanol–water partition coefficient (Wildman–Crippen LogP) is 3.38. The van der Waals surface area contributed by atoms with Gasteiger partial charge in [0.2, 0.25) is 0 Å². The van der Waals surface area contributed by atoms with Crippen LogP contribution in [-0.2, 0) is 21.9 Å². The van der Waals surface area contributed by atoms with E-state index in [0.29, 0.717) is 33.7 Å². The fraction of sp³-hybridized carbons (Fsp3) is 0.174. The van der Waals surface area contributed by atoms with Crippen LogP contribution in [0.4, 0.5) is 5.69 Å². The van der Waals surface area contributed by atoms with Gasteiger partial charge in [0.15, 0.2) is 5.65 Å². The first-order valence-electron chi connectivity index (χ1n) is 10.1. The largest absolute Gasteiger partial charge is 0.322 e. The molecule has 0 saturated heterocycles. The number of carbonyl (C=O) groups is 1. The zero-order chi connectivity index (χ0) is 23.8. The zero-order valence-electron chi connectivity index (χ0n) is 18.6. The van der Waals surface area contributed by atoms with Crippen LogP contribution in [-0.4, -0.2) is 47.7 Å². The first kappa shape index (κ1) is 22.6. The van der Waals surface area contributed by atoms with Crippen molar-refractivity contribution in [3.63, 3.8) is 0 Å². The van der Waals surface area contributed by atoms with Crippen LogP contribution >= 0.6 is 0 Å². The Balaban J connectivity index is 1.71. The molecule has 0 spiro atoms. The van der Waals surface area contributed by atoms with Crippen LogP contribution in [0.3, 0.4) is 0 Å². The highest BCUT2D eigenvalue weighted by molar-refractivity contribution is 7.89. The third-order valence-electron chi connectivity index (χ3n) is 5.29. The topological polar surface area (TPSA) is 106 Å². The molecule has 0 saturated carbocycles. The van der Waals surface area contributed by atoms with Crippen LogP contribution in [0.15, 0.2) is 65.6 Å². The molecule has 0 fully saturated rings. The van der Waals surface area contributed by atoms with Gasteiger partial charge in [-0.1, -0.05) is 34.8 Å². The molecule has 0 aliphatic heterocycles. The van der Waals surface area contributed by atoms with Gasteiger partial charge in [0, 0.05) is 25.3 Å². The first-order chi connectivity index (χ1) is 15.7. The molecule has 0 aliphatic carbocycles. The van der Waals surface area contributed by atoms with Crippen molar-refractivity contribution in [2.45, 2.75) is 11.8 Å². The summed E-state index contributed by atoms with van der Waals surface area (Å²) < 4.78 is 27.2. The standard InChI is InChI=1S/C23H23N5O4S/c1-15-21-19(14-20(16-8-6-5-7-9-16)25-22(21)27(2)26-15)23(29)24-17-10-12-18(13-11-17)33(30,31)28(3)32-4/h5-14H,1-4H3,(H,24,29). The minimum Gasteiger partial charge on any atom is -0.322 e. The molecular formula is C23H23N5O4S. The van der Waals surface area contributed by atoms with E-state index < -0.39 is 10.0 Å². The number of benzene rings is 2. The van der Waals surface area contributed by atoms with Crippen LogP contribution in [0.25, 0.3) is 22.3 Å². The lowest BCUT2D eigenvalue weighted by atomic mass is 10.0. The summed E-state index contributed by atoms with van der Waals surface area (Å²) in [5, 5.41) is 7.94. The van der Waals surface area contributed by atoms with Crippen molar-refractivity contribution < 1.29 is 18.0 Å². The molecule has 0 aliphatic rings. The smallest absolute Gasteiger partial charge is 0.264 e. The predicted molar refractivity (Wildman–Crippen MR) is 125 cm³/mol. The Morgan fingerprint density at radius 1 is 1.09 bits per heavy atom. The lowest BCUT2D eigenvalue weighted by Crippen LogP contribution is -2.25. The molecule has 0 radical (unpaired) electrons. The van der Waals surface area contributed by atoms with E-state index in [0.717, 1.165) is 10.0 Å². The molecule has 2 aromatic carbocycles. The summed E-state index contributed by atoms with van der Waals surface area (Å²) in [7, 11) is 0.587. The molecule has 4 rings (SSSR count). The summed E-state index contributed by atoms with van der Waals surface area (Å²) in [6.45, 7) is 1.83. The summed E-state index contributed by atoms with van der Waals surface area (Å²) in [6, 6.07) is 17.2. The lowest BCUT2D eigenvalue weighted by Gasteiger charge is -2.14. The van der Waals surface area contributed by atoms with Gasteiger partial charge in [-0.25, -0.2) is 13.4 Å². The van der Waals surface area contributed by atoms with E-state index >= 15 is 0 Å². The van der Waals surface area contributed by atoms with Crippen molar-refractivity contribution in [2.75, 3.05) is 19.5 Å². The maximum absolute atomic E-state index is 13.3. The third-order valence-corrected chi connectivity index (χ3v) is 6.98. The second kappa shape index (κ2) is 8.74. The number of fused-ring (bicyclic) bond motifs is 1. The Morgan fingerprint density at radius 3 is 2.39 bits per heavy atom. The number of hydrogen-bond acceptors (Lipinski definition) is 6. The van der Waals surface area contributed by atoms with Gasteiger partial charge in [0.25, 0.3) is 15.9 Å². The highest BCUT2D eigenvalue weighted by atomic mass is 32.2. The van der Waals surface area contributed by atoms with E-state index in [2.05, 4.69) is 10.4 Å². The molecule has 170 valence electrons. The van der Waals surface area contributed by atoms with E-state index in [-0.39, 0.29) is 10.8 Å². The molecule has 2 heterocycles. The second-order valence-electron chi connectivity index (χ2n) is 7.40. The lowest BCUT2D eigenvalue weighted by molar-refractivity contribution is -0.0258. The number of nitrogens with zero attached hydrogens (tertiary/aromatic N) is 4. The van der Waals surface area contributed by atoms with Crippen molar-refractivity contribution in [1.82, 2.24) is 19.2 Å². The van der Waals surface area contributed by atoms with Gasteiger partial charge in [0.1, 0.15) is 0 Å². The number of nitrogens with one attached hydrogen (secondary N) is 1. The number of hydroxylamine groups is 1. The van der Waals surface area contributed by atoms with Gasteiger partial charge in [0.05, 0.1) is 34.3 Å². The van der Waals surface area contributed by atoms with Crippen LogP contribution < -0.4 is 5.32 Å². The first-order valence-corrected chi connectivity index (χ1v) is 11.5. The van der Waals surface area contributed by atoms with Gasteiger partial charge in [-0.15, -0.1) is 0 Å². The molecule has 10 heteroatoms. The summed E-state index contributed by atoms with van der Waals surface area (Å²) >= 11 is 0. The number of aryl methyl sites for hydroxylation is 2. The second-order valence-corrected chi connectivity index (χ2v) is 9.34. The van der Waals surface area contributed by atoms with Gasteiger partial charge in [-0.05, 0) is 37.3 Å². The fourth-order valence-corrected chi connectivity index (χ4v) is 4.51. The Hall–Kier alpha value is -3.60. The van der Waals surface area contributed by atoms with E-state index in [9.17, 15) is 13.2 Å². The average Bonchev–Trinajstić information content (AvgIpc) is 3.12. The Morgan fingerprint density at radius 2 is 1.76 bits per heavy atom. The number of carbonyl (C=O) groups excluding carboxylic acids is 1. The highest BCUT2D eigenvalue weighted by Gasteiger charge is 2.22. The van der Waals surface area contributed by atoms with Crippen LogP contribution in [0.1, 0.15) is 16.1 Å². The van der Waals surface area contributed by atoms with E-state index in [1.54, 1.807) is 17.8 Å². The van der Waals surface area contributed by atoms with Crippen molar-refractivity contribution in [1.29, 1.82) is 0 Å². The Labute approximate surface area is 191 Å². The van der Waals surface area contributed by atoms with E-state index in [4.69, 9.17) is 9.82 Å². The molecule has 2 aromatic heterocycles. The number of hydrogen-bond donors (Lipinski definition) is 1. The monoisotopic (exact) mass is 465 g/mol. The number of amides is 1. The van der Waals surface area contributed by atoms with Crippen molar-refractivity contribution >= 4 is 32.7 Å². The maximum atomic E-state index is 13.3. The summed E-state index contributed by atoms with van der Waals surface area (Å²) in [5.41, 5.74) is 3.70. The normalized spacial score (nSPS) is 11.8. The molecular weight excluding hydrogens is 442 g/mol. The van der Waals surface area contributed by atoms with Crippen LogP contribution in [0.2, 0.25) is 0 Å². The Bertz CT molecular complexity index is 1430. The number of sulfonamides is 1. The average molecular weight is 466 g/mol. The highest BCUT2D eigenvalue weighted by Crippen LogP contribution is 2.27. The molecule has 33 heavy (non-hydrogen) atoms. The van der Waals surface area contributed by atoms with Crippen LogP contribution in [0, 0.1) is 6.92 Å². The molecule has 0 bridgehead atoms. The van der Waals surface area contributed by atoms with E-state index in [1.807, 2.05) is 37.3 Å². The van der Waals surface area contributed by atoms with Crippen molar-refractivity contribution in [2.24, 2.45) is 7.05 Å².